The molecule has 2 aromatic rings. The van der Waals surface area contributed by atoms with Crippen LogP contribution in [0.15, 0.2) is 48.5 Å². The van der Waals surface area contributed by atoms with Gasteiger partial charge in [-0.15, -0.1) is 0 Å². The minimum atomic E-state index is -0.883. The van der Waals surface area contributed by atoms with Crippen molar-refractivity contribution in [2.24, 2.45) is 0 Å². The molecular weight excluding hydrogens is 366 g/mol. The molecule has 1 amide bonds. The first-order valence-electron chi connectivity index (χ1n) is 8.91. The van der Waals surface area contributed by atoms with Gasteiger partial charge in [-0.3, -0.25) is 9.59 Å². The largest absolute Gasteiger partial charge is 0.481 e. The summed E-state index contributed by atoms with van der Waals surface area (Å²) in [6.07, 6.45) is 1.10. The number of rotatable bonds is 5. The summed E-state index contributed by atoms with van der Waals surface area (Å²) in [4.78, 5) is 24.4. The molecule has 1 saturated heterocycles. The van der Waals surface area contributed by atoms with Crippen molar-refractivity contribution < 1.29 is 19.4 Å². The minimum Gasteiger partial charge on any atom is -0.481 e. The average Bonchev–Trinajstić information content (AvgIpc) is 2.68. The van der Waals surface area contributed by atoms with Gasteiger partial charge in [0.2, 0.25) is 5.91 Å². The summed E-state index contributed by atoms with van der Waals surface area (Å²) in [5.74, 6) is -1.61. The Morgan fingerprint density at radius 3 is 2.33 bits per heavy atom. The molecule has 6 heteroatoms. The van der Waals surface area contributed by atoms with Gasteiger partial charge in [-0.1, -0.05) is 41.9 Å². The lowest BCUT2D eigenvalue weighted by atomic mass is 9.73. The third kappa shape index (κ3) is 3.99. The molecular formula is C21H22ClNO4. The van der Waals surface area contributed by atoms with E-state index >= 15 is 0 Å². The second-order valence-corrected chi connectivity index (χ2v) is 7.22. The summed E-state index contributed by atoms with van der Waals surface area (Å²) >= 11 is 6.40. The maximum Gasteiger partial charge on any atom is 0.310 e. The molecule has 0 bridgehead atoms. The van der Waals surface area contributed by atoms with E-state index in [1.165, 1.54) is 0 Å². The number of anilines is 1. The molecule has 0 aromatic heterocycles. The quantitative estimate of drug-likeness (QED) is 0.805. The molecule has 1 aliphatic heterocycles. The van der Waals surface area contributed by atoms with Crippen LogP contribution in [0.1, 0.15) is 36.8 Å². The molecule has 5 nitrogen and oxygen atoms in total. The molecule has 0 radical (unpaired) electrons. The molecule has 0 spiro atoms. The monoisotopic (exact) mass is 387 g/mol. The normalized spacial score (nSPS) is 17.1. The number of carbonyl (C=O) groups is 2. The number of amides is 1. The summed E-state index contributed by atoms with van der Waals surface area (Å²) in [7, 11) is 0. The summed E-state index contributed by atoms with van der Waals surface area (Å²) in [5, 5.41) is 12.7. The number of halogens is 1. The van der Waals surface area contributed by atoms with Crippen LogP contribution in [0, 0.1) is 0 Å². The third-order valence-electron chi connectivity index (χ3n) is 5.21. The lowest BCUT2D eigenvalue weighted by Gasteiger charge is -2.36. The van der Waals surface area contributed by atoms with Crippen molar-refractivity contribution in [1.29, 1.82) is 0 Å². The summed E-state index contributed by atoms with van der Waals surface area (Å²) < 4.78 is 5.47. The SMILES string of the molecule is CC(C(=O)O)c1ccc(NC(=O)C2(c3ccccc3Cl)CCOCC2)cc1. The maximum atomic E-state index is 13.2. The number of benzene rings is 2. The van der Waals surface area contributed by atoms with Crippen LogP contribution in [0.25, 0.3) is 0 Å². The molecule has 1 fully saturated rings. The fourth-order valence-electron chi connectivity index (χ4n) is 3.44. The van der Waals surface area contributed by atoms with E-state index in [4.69, 9.17) is 21.4 Å². The predicted octanol–water partition coefficient (Wildman–Crippen LogP) is 4.22. The van der Waals surface area contributed by atoms with Crippen LogP contribution in [0.5, 0.6) is 0 Å². The number of carboxylic acid groups (broad SMARTS) is 1. The first-order chi connectivity index (χ1) is 12.9. The van der Waals surface area contributed by atoms with Crippen LogP contribution >= 0.6 is 11.6 Å². The van der Waals surface area contributed by atoms with Crippen LogP contribution in [0.3, 0.4) is 0 Å². The fraction of sp³-hybridized carbons (Fsp3) is 0.333. The Hall–Kier alpha value is -2.37. The van der Waals surface area contributed by atoms with E-state index in [9.17, 15) is 9.59 Å². The van der Waals surface area contributed by atoms with E-state index in [-0.39, 0.29) is 5.91 Å². The number of aliphatic carboxylic acids is 1. The van der Waals surface area contributed by atoms with Crippen molar-refractivity contribution in [2.75, 3.05) is 18.5 Å². The first kappa shape index (κ1) is 19.4. The number of hydrogen-bond donors (Lipinski definition) is 2. The molecule has 1 heterocycles. The molecule has 1 aliphatic rings. The minimum absolute atomic E-state index is 0.127. The number of carbonyl (C=O) groups excluding carboxylic acids is 1. The van der Waals surface area contributed by atoms with Gasteiger partial charge in [0.15, 0.2) is 0 Å². The van der Waals surface area contributed by atoms with Crippen molar-refractivity contribution in [3.8, 4) is 0 Å². The van der Waals surface area contributed by atoms with E-state index in [1.54, 1.807) is 37.3 Å². The van der Waals surface area contributed by atoms with Crippen LogP contribution in [0.2, 0.25) is 5.02 Å². The summed E-state index contributed by atoms with van der Waals surface area (Å²) in [6, 6.07) is 14.3. The molecule has 1 unspecified atom stereocenters. The van der Waals surface area contributed by atoms with Gasteiger partial charge in [0.05, 0.1) is 11.3 Å². The predicted molar refractivity (Wildman–Crippen MR) is 104 cm³/mol. The van der Waals surface area contributed by atoms with Crippen molar-refractivity contribution in [3.63, 3.8) is 0 Å². The molecule has 0 saturated carbocycles. The Bertz CT molecular complexity index is 828. The van der Waals surface area contributed by atoms with Crippen LogP contribution in [-0.4, -0.2) is 30.2 Å². The highest BCUT2D eigenvalue weighted by Gasteiger charge is 2.43. The topological polar surface area (TPSA) is 75.6 Å². The molecule has 3 rings (SSSR count). The highest BCUT2D eigenvalue weighted by atomic mass is 35.5. The fourth-order valence-corrected chi connectivity index (χ4v) is 3.75. The second-order valence-electron chi connectivity index (χ2n) is 6.81. The van der Waals surface area contributed by atoms with Crippen molar-refractivity contribution in [2.45, 2.75) is 31.1 Å². The van der Waals surface area contributed by atoms with Crippen molar-refractivity contribution in [3.05, 3.63) is 64.7 Å². The standard InChI is InChI=1S/C21H22ClNO4/c1-14(19(24)25)15-6-8-16(9-7-15)23-20(26)21(10-12-27-13-11-21)17-4-2-3-5-18(17)22/h2-9,14H,10-13H2,1H3,(H,23,26)(H,24,25). The summed E-state index contributed by atoms with van der Waals surface area (Å²) in [5.41, 5.74) is 1.37. The molecule has 142 valence electrons. The molecule has 27 heavy (non-hydrogen) atoms. The van der Waals surface area contributed by atoms with Crippen molar-refractivity contribution in [1.82, 2.24) is 0 Å². The Morgan fingerprint density at radius 1 is 1.11 bits per heavy atom. The van der Waals surface area contributed by atoms with Crippen LogP contribution < -0.4 is 5.32 Å². The molecule has 2 N–H and O–H groups in total. The molecule has 0 aliphatic carbocycles. The zero-order valence-corrected chi connectivity index (χ0v) is 15.8. The van der Waals surface area contributed by atoms with Gasteiger partial charge in [-0.05, 0) is 49.1 Å². The van der Waals surface area contributed by atoms with Crippen LogP contribution in [0.4, 0.5) is 5.69 Å². The van der Waals surface area contributed by atoms with Gasteiger partial charge < -0.3 is 15.2 Å². The highest BCUT2D eigenvalue weighted by molar-refractivity contribution is 6.31. The Balaban J connectivity index is 1.86. The molecule has 1 atom stereocenters. The van der Waals surface area contributed by atoms with E-state index in [2.05, 4.69) is 5.32 Å². The van der Waals surface area contributed by atoms with Gasteiger partial charge >= 0.3 is 5.97 Å². The van der Waals surface area contributed by atoms with Gasteiger partial charge in [0.1, 0.15) is 0 Å². The Morgan fingerprint density at radius 2 is 1.74 bits per heavy atom. The van der Waals surface area contributed by atoms with Gasteiger partial charge in [-0.2, -0.15) is 0 Å². The number of nitrogens with one attached hydrogen (secondary N) is 1. The van der Waals surface area contributed by atoms with Gasteiger partial charge in [0, 0.05) is 23.9 Å². The smallest absolute Gasteiger partial charge is 0.310 e. The van der Waals surface area contributed by atoms with Crippen molar-refractivity contribution >= 4 is 29.2 Å². The zero-order valence-electron chi connectivity index (χ0n) is 15.1. The summed E-state index contributed by atoms with van der Waals surface area (Å²) in [6.45, 7) is 2.62. The van der Waals surface area contributed by atoms with Gasteiger partial charge in [0.25, 0.3) is 0 Å². The number of carboxylic acids is 1. The number of hydrogen-bond acceptors (Lipinski definition) is 3. The van der Waals surface area contributed by atoms with E-state index in [1.807, 2.05) is 18.2 Å². The lowest BCUT2D eigenvalue weighted by molar-refractivity contribution is -0.138. The lowest BCUT2D eigenvalue weighted by Crippen LogP contribution is -2.45. The third-order valence-corrected chi connectivity index (χ3v) is 5.54. The second kappa shape index (κ2) is 8.11. The van der Waals surface area contributed by atoms with E-state index in [0.29, 0.717) is 42.3 Å². The van der Waals surface area contributed by atoms with Crippen LogP contribution in [-0.2, 0) is 19.7 Å². The van der Waals surface area contributed by atoms with E-state index < -0.39 is 17.3 Å². The Kier molecular flexibility index (Phi) is 5.82. The number of ether oxygens (including phenoxy) is 1. The maximum absolute atomic E-state index is 13.2. The molecule has 2 aromatic carbocycles. The average molecular weight is 388 g/mol. The Labute approximate surface area is 163 Å². The highest BCUT2D eigenvalue weighted by Crippen LogP contribution is 2.39. The van der Waals surface area contributed by atoms with E-state index in [0.717, 1.165) is 5.56 Å². The zero-order chi connectivity index (χ0) is 19.4. The van der Waals surface area contributed by atoms with Gasteiger partial charge in [-0.25, -0.2) is 0 Å². The first-order valence-corrected chi connectivity index (χ1v) is 9.29.